The summed E-state index contributed by atoms with van der Waals surface area (Å²) in [5, 5.41) is 0. The van der Waals surface area contributed by atoms with Crippen molar-refractivity contribution in [1.29, 1.82) is 0 Å². The maximum Gasteiger partial charge on any atom is 0.343 e. The van der Waals surface area contributed by atoms with Crippen molar-refractivity contribution in [2.24, 2.45) is 0 Å². The van der Waals surface area contributed by atoms with Gasteiger partial charge < -0.3 is 14.2 Å². The Morgan fingerprint density at radius 3 is 2.32 bits per heavy atom. The summed E-state index contributed by atoms with van der Waals surface area (Å²) < 4.78 is 42.6. The number of esters is 1. The van der Waals surface area contributed by atoms with E-state index in [2.05, 4.69) is 4.72 Å². The lowest BCUT2D eigenvalue weighted by Gasteiger charge is -2.08. The topological polar surface area (TPSA) is 94.2 Å². The van der Waals surface area contributed by atoms with Crippen LogP contribution < -0.4 is 14.2 Å². The number of epoxide rings is 1. The van der Waals surface area contributed by atoms with E-state index in [1.165, 1.54) is 24.3 Å². The molecule has 1 unspecified atom stereocenters. The molecular formula is C20H23NO6S. The molecule has 0 aromatic heterocycles. The molecular weight excluding hydrogens is 382 g/mol. The number of hydrogen-bond donors (Lipinski definition) is 1. The molecule has 28 heavy (non-hydrogen) atoms. The highest BCUT2D eigenvalue weighted by Crippen LogP contribution is 2.19. The quantitative estimate of drug-likeness (QED) is 0.283. The minimum absolute atomic E-state index is 0.110. The van der Waals surface area contributed by atoms with Crippen molar-refractivity contribution in [3.05, 3.63) is 54.1 Å². The lowest BCUT2D eigenvalue weighted by Crippen LogP contribution is -2.25. The second-order valence-corrected chi connectivity index (χ2v) is 8.21. The molecule has 8 heteroatoms. The highest BCUT2D eigenvalue weighted by atomic mass is 32.2. The van der Waals surface area contributed by atoms with Gasteiger partial charge >= 0.3 is 5.97 Å². The molecule has 0 spiro atoms. The maximum absolute atomic E-state index is 12.3. The number of nitrogens with one attached hydrogen (secondary N) is 1. The Bertz CT molecular complexity index is 889. The summed E-state index contributed by atoms with van der Waals surface area (Å²) in [6, 6.07) is 12.3. The fraction of sp³-hybridized carbons (Fsp3) is 0.350. The molecule has 0 radical (unpaired) electrons. The lowest BCUT2D eigenvalue weighted by molar-refractivity contribution is 0.0734. The van der Waals surface area contributed by atoms with Gasteiger partial charge in [0.15, 0.2) is 0 Å². The van der Waals surface area contributed by atoms with Gasteiger partial charge in [0.05, 0.1) is 30.3 Å². The third kappa shape index (κ3) is 5.79. The molecule has 1 N–H and O–H groups in total. The van der Waals surface area contributed by atoms with Gasteiger partial charge in [-0.1, -0.05) is 0 Å². The van der Waals surface area contributed by atoms with E-state index in [1.807, 2.05) is 0 Å². The first-order chi connectivity index (χ1) is 13.5. The Kier molecular flexibility index (Phi) is 6.66. The zero-order chi connectivity index (χ0) is 20.0. The molecule has 0 amide bonds. The summed E-state index contributed by atoms with van der Waals surface area (Å²) >= 11 is 0. The number of rotatable bonds is 10. The van der Waals surface area contributed by atoms with E-state index < -0.39 is 16.0 Å². The summed E-state index contributed by atoms with van der Waals surface area (Å²) in [6.45, 7) is 1.19. The van der Waals surface area contributed by atoms with E-state index >= 15 is 0 Å². The molecule has 7 nitrogen and oxygen atoms in total. The van der Waals surface area contributed by atoms with Gasteiger partial charge in [0.25, 0.3) is 0 Å². The second-order valence-electron chi connectivity index (χ2n) is 6.44. The molecule has 1 fully saturated rings. The lowest BCUT2D eigenvalue weighted by atomic mass is 10.2. The fourth-order valence-corrected chi connectivity index (χ4v) is 3.68. The molecule has 0 bridgehead atoms. The predicted molar refractivity (Wildman–Crippen MR) is 103 cm³/mol. The van der Waals surface area contributed by atoms with Crippen molar-refractivity contribution in [2.45, 2.75) is 30.3 Å². The van der Waals surface area contributed by atoms with Crippen molar-refractivity contribution in [2.75, 3.05) is 20.3 Å². The molecule has 0 aliphatic carbocycles. The molecule has 0 saturated carbocycles. The first kappa shape index (κ1) is 20.3. The summed E-state index contributed by atoms with van der Waals surface area (Å²) in [6.07, 6.45) is 3.00. The summed E-state index contributed by atoms with van der Waals surface area (Å²) in [7, 11) is -2.05. The van der Waals surface area contributed by atoms with Gasteiger partial charge in [0, 0.05) is 6.54 Å². The highest BCUT2D eigenvalue weighted by Gasteiger charge is 2.21. The van der Waals surface area contributed by atoms with E-state index in [0.717, 1.165) is 25.9 Å². The Morgan fingerprint density at radius 1 is 1.07 bits per heavy atom. The van der Waals surface area contributed by atoms with Crippen LogP contribution in [0, 0.1) is 0 Å². The van der Waals surface area contributed by atoms with Crippen LogP contribution in [0.3, 0.4) is 0 Å². The van der Waals surface area contributed by atoms with Crippen LogP contribution in [0.1, 0.15) is 29.6 Å². The number of carbonyl (C=O) groups is 1. The summed E-state index contributed by atoms with van der Waals surface area (Å²) in [5.41, 5.74) is 0.263. The van der Waals surface area contributed by atoms with Crippen molar-refractivity contribution in [1.82, 2.24) is 4.72 Å². The largest absolute Gasteiger partial charge is 0.497 e. The average molecular weight is 405 g/mol. The zero-order valence-corrected chi connectivity index (χ0v) is 16.4. The van der Waals surface area contributed by atoms with Crippen molar-refractivity contribution in [3.63, 3.8) is 0 Å². The van der Waals surface area contributed by atoms with Crippen LogP contribution in [0.4, 0.5) is 0 Å². The minimum atomic E-state index is -3.60. The van der Waals surface area contributed by atoms with E-state index in [1.54, 1.807) is 31.4 Å². The SMILES string of the molecule is COc1ccc(OC(=O)c2ccc(S(=O)(=O)NCCCCC3CO3)cc2)cc1. The number of methoxy groups -OCH3 is 1. The Morgan fingerprint density at radius 2 is 1.71 bits per heavy atom. The predicted octanol–water partition coefficient (Wildman–Crippen LogP) is 2.76. The molecule has 2 aromatic carbocycles. The van der Waals surface area contributed by atoms with Gasteiger partial charge in [-0.2, -0.15) is 0 Å². The van der Waals surface area contributed by atoms with E-state index in [9.17, 15) is 13.2 Å². The fourth-order valence-electron chi connectivity index (χ4n) is 2.60. The monoisotopic (exact) mass is 405 g/mol. The molecule has 1 aliphatic rings. The van der Waals surface area contributed by atoms with E-state index in [4.69, 9.17) is 14.2 Å². The van der Waals surface area contributed by atoms with Gasteiger partial charge in [0.1, 0.15) is 11.5 Å². The van der Waals surface area contributed by atoms with Crippen molar-refractivity contribution in [3.8, 4) is 11.5 Å². The molecule has 1 saturated heterocycles. The number of ether oxygens (including phenoxy) is 3. The second kappa shape index (κ2) is 9.18. The van der Waals surface area contributed by atoms with Crippen LogP contribution in [0.5, 0.6) is 11.5 Å². The number of unbranched alkanes of at least 4 members (excludes halogenated alkanes) is 1. The third-order valence-electron chi connectivity index (χ3n) is 4.32. The summed E-state index contributed by atoms with van der Waals surface area (Å²) in [5.74, 6) is 0.466. The first-order valence-electron chi connectivity index (χ1n) is 9.05. The Balaban J connectivity index is 1.52. The zero-order valence-electron chi connectivity index (χ0n) is 15.6. The van der Waals surface area contributed by atoms with Crippen LogP contribution in [-0.4, -0.2) is 40.8 Å². The van der Waals surface area contributed by atoms with Crippen LogP contribution in [0.2, 0.25) is 0 Å². The van der Waals surface area contributed by atoms with Gasteiger partial charge in [0.2, 0.25) is 10.0 Å². The summed E-state index contributed by atoms with van der Waals surface area (Å²) in [4.78, 5) is 12.3. The van der Waals surface area contributed by atoms with E-state index in [0.29, 0.717) is 24.1 Å². The van der Waals surface area contributed by atoms with Crippen molar-refractivity contribution >= 4 is 16.0 Å². The number of carbonyl (C=O) groups excluding carboxylic acids is 1. The highest BCUT2D eigenvalue weighted by molar-refractivity contribution is 7.89. The van der Waals surface area contributed by atoms with Gasteiger partial charge in [-0.25, -0.2) is 17.9 Å². The number of benzene rings is 2. The smallest absolute Gasteiger partial charge is 0.343 e. The van der Waals surface area contributed by atoms with Gasteiger partial charge in [-0.3, -0.25) is 0 Å². The minimum Gasteiger partial charge on any atom is -0.497 e. The molecule has 2 aromatic rings. The van der Waals surface area contributed by atoms with E-state index in [-0.39, 0.29) is 10.5 Å². The first-order valence-corrected chi connectivity index (χ1v) is 10.5. The Labute approximate surface area is 164 Å². The molecule has 1 aliphatic heterocycles. The van der Waals surface area contributed by atoms with Gasteiger partial charge in [-0.05, 0) is 67.8 Å². The standard InChI is InChI=1S/C20H23NO6S/c1-25-16-7-9-17(10-8-16)27-20(22)15-5-11-19(12-6-15)28(23,24)21-13-3-2-4-18-14-26-18/h5-12,18,21H,2-4,13-14H2,1H3. The van der Waals surface area contributed by atoms with Crippen LogP contribution in [0.15, 0.2) is 53.4 Å². The number of hydrogen-bond acceptors (Lipinski definition) is 6. The van der Waals surface area contributed by atoms with Crippen LogP contribution >= 0.6 is 0 Å². The molecule has 3 rings (SSSR count). The number of sulfonamides is 1. The van der Waals surface area contributed by atoms with Crippen molar-refractivity contribution < 1.29 is 27.4 Å². The normalized spacial score (nSPS) is 15.8. The van der Waals surface area contributed by atoms with Crippen LogP contribution in [0.25, 0.3) is 0 Å². The van der Waals surface area contributed by atoms with Gasteiger partial charge in [-0.15, -0.1) is 0 Å². The third-order valence-corrected chi connectivity index (χ3v) is 5.79. The molecule has 1 atom stereocenters. The maximum atomic E-state index is 12.3. The molecule has 150 valence electrons. The van der Waals surface area contributed by atoms with Crippen LogP contribution in [-0.2, 0) is 14.8 Å². The average Bonchev–Trinajstić information content (AvgIpc) is 3.53. The molecule has 1 heterocycles. The Hall–Kier alpha value is -2.42.